The Bertz CT molecular complexity index is 650. The minimum atomic E-state index is 0.388. The zero-order chi connectivity index (χ0) is 15.2. The average molecular weight is 281 g/mol. The van der Waals surface area contributed by atoms with Crippen LogP contribution in [-0.4, -0.2) is 29.0 Å². The maximum atomic E-state index is 4.29. The summed E-state index contributed by atoms with van der Waals surface area (Å²) in [6, 6.07) is 6.05. The number of H-pyrrole nitrogens is 1. The van der Waals surface area contributed by atoms with Crippen molar-refractivity contribution in [3.63, 3.8) is 0 Å². The fourth-order valence-corrected chi connectivity index (χ4v) is 2.03. The molecule has 1 N–H and O–H groups in total. The first-order valence-corrected chi connectivity index (χ1v) is 7.39. The first kappa shape index (κ1) is 15.2. The zero-order valence-corrected chi connectivity index (χ0v) is 13.3. The van der Waals surface area contributed by atoms with Crippen LogP contribution in [0.2, 0.25) is 0 Å². The summed E-state index contributed by atoms with van der Waals surface area (Å²) in [6.07, 6.45) is 6.10. The first-order valence-electron chi connectivity index (χ1n) is 7.39. The number of fused-ring (bicyclic) bond motifs is 1. The van der Waals surface area contributed by atoms with Crippen LogP contribution < -0.4 is 0 Å². The molecule has 0 radical (unpaired) electrons. The molecule has 2 rings (SSSR count). The van der Waals surface area contributed by atoms with Gasteiger partial charge in [0.25, 0.3) is 0 Å². The maximum Gasteiger partial charge on any atom is 0.138 e. The van der Waals surface area contributed by atoms with Crippen molar-refractivity contribution in [2.75, 3.05) is 14.1 Å². The molecule has 0 aliphatic rings. The van der Waals surface area contributed by atoms with Crippen LogP contribution in [0.4, 0.5) is 0 Å². The van der Waals surface area contributed by atoms with Gasteiger partial charge in [0, 0.05) is 37.3 Å². The highest BCUT2D eigenvalue weighted by Crippen LogP contribution is 2.13. The second-order valence-corrected chi connectivity index (χ2v) is 5.47. The summed E-state index contributed by atoms with van der Waals surface area (Å²) in [5.41, 5.74) is 3.12. The number of allylic oxidation sites excluding steroid dienone is 2. The van der Waals surface area contributed by atoms with Gasteiger partial charge in [-0.05, 0) is 43.9 Å². The molecule has 1 atom stereocenters. The highest BCUT2D eigenvalue weighted by Gasteiger charge is 2.02. The van der Waals surface area contributed by atoms with Crippen LogP contribution in [-0.2, 0) is 0 Å². The van der Waals surface area contributed by atoms with Gasteiger partial charge in [-0.2, -0.15) is 0 Å². The average Bonchev–Trinajstić information content (AvgIpc) is 2.89. The fraction of sp³-hybridized carbons (Fsp3) is 0.389. The third-order valence-electron chi connectivity index (χ3n) is 3.70. The molecule has 0 saturated carbocycles. The van der Waals surface area contributed by atoms with E-state index in [0.29, 0.717) is 5.92 Å². The summed E-state index contributed by atoms with van der Waals surface area (Å²) in [6.45, 7) is 4.31. The summed E-state index contributed by atoms with van der Waals surface area (Å²) in [4.78, 5) is 9.67. The number of hydrogen-bond donors (Lipinski definition) is 1. The highest BCUT2D eigenvalue weighted by molar-refractivity contribution is 5.77. The fourth-order valence-electron chi connectivity index (χ4n) is 2.03. The van der Waals surface area contributed by atoms with Crippen molar-refractivity contribution >= 4 is 11.0 Å². The molecule has 0 aromatic carbocycles. The van der Waals surface area contributed by atoms with Crippen LogP contribution in [0.3, 0.4) is 0 Å². The van der Waals surface area contributed by atoms with Gasteiger partial charge >= 0.3 is 0 Å². The van der Waals surface area contributed by atoms with Gasteiger partial charge in [-0.1, -0.05) is 18.9 Å². The van der Waals surface area contributed by atoms with Crippen LogP contribution in [0.25, 0.3) is 11.0 Å². The standard InChI is InChI=1S/C18H23N3/c1-5-15(9-8-14(2)21(3)4)10-11-17-13-16-7-6-12-19-18(16)20-17/h6-8,12-13,15H,5,9H2,1-4H3,(H,19,20)/b14-8+. The van der Waals surface area contributed by atoms with Crippen LogP contribution >= 0.6 is 0 Å². The number of nitrogens with zero attached hydrogens (tertiary/aromatic N) is 2. The lowest BCUT2D eigenvalue weighted by molar-refractivity contribution is 0.506. The molecule has 0 fully saturated rings. The molecule has 3 nitrogen and oxygen atoms in total. The van der Waals surface area contributed by atoms with E-state index in [9.17, 15) is 0 Å². The molecule has 2 aromatic rings. The van der Waals surface area contributed by atoms with Gasteiger partial charge in [-0.15, -0.1) is 0 Å². The first-order chi connectivity index (χ1) is 10.1. The van der Waals surface area contributed by atoms with E-state index in [4.69, 9.17) is 0 Å². The minimum Gasteiger partial charge on any atom is -0.381 e. The Morgan fingerprint density at radius 2 is 2.29 bits per heavy atom. The molecule has 2 heterocycles. The maximum absolute atomic E-state index is 4.29. The normalized spacial score (nSPS) is 12.9. The number of pyridine rings is 1. The van der Waals surface area contributed by atoms with Crippen LogP contribution in [0.5, 0.6) is 0 Å². The molecule has 0 aliphatic carbocycles. The highest BCUT2D eigenvalue weighted by atomic mass is 15.1. The van der Waals surface area contributed by atoms with E-state index in [1.807, 2.05) is 12.1 Å². The number of aromatic nitrogens is 2. The molecule has 0 aliphatic heterocycles. The van der Waals surface area contributed by atoms with Gasteiger partial charge in [0.2, 0.25) is 0 Å². The minimum absolute atomic E-state index is 0.388. The van der Waals surface area contributed by atoms with Crippen molar-refractivity contribution in [1.82, 2.24) is 14.9 Å². The Morgan fingerprint density at radius 1 is 1.48 bits per heavy atom. The van der Waals surface area contributed by atoms with E-state index in [1.165, 1.54) is 5.70 Å². The molecular weight excluding hydrogens is 258 g/mol. The number of hydrogen-bond acceptors (Lipinski definition) is 2. The molecule has 1 unspecified atom stereocenters. The third kappa shape index (κ3) is 4.13. The number of nitrogens with one attached hydrogen (secondary N) is 1. The van der Waals surface area contributed by atoms with E-state index in [2.05, 4.69) is 66.8 Å². The van der Waals surface area contributed by atoms with Gasteiger partial charge in [-0.3, -0.25) is 0 Å². The Balaban J connectivity index is 2.10. The van der Waals surface area contributed by atoms with Gasteiger partial charge in [0.15, 0.2) is 0 Å². The lowest BCUT2D eigenvalue weighted by atomic mass is 10.0. The Hall–Kier alpha value is -2.21. The summed E-state index contributed by atoms with van der Waals surface area (Å²) in [5.74, 6) is 7.01. The van der Waals surface area contributed by atoms with E-state index < -0.39 is 0 Å². The monoisotopic (exact) mass is 281 g/mol. The summed E-state index contributed by atoms with van der Waals surface area (Å²) < 4.78 is 0. The molecule has 0 saturated heterocycles. The number of aromatic amines is 1. The molecule has 21 heavy (non-hydrogen) atoms. The smallest absolute Gasteiger partial charge is 0.138 e. The Kier molecular flexibility index (Phi) is 5.05. The van der Waals surface area contributed by atoms with Gasteiger partial charge in [0.05, 0.1) is 5.69 Å². The molecule has 0 bridgehead atoms. The molecule has 110 valence electrons. The van der Waals surface area contributed by atoms with Crippen molar-refractivity contribution < 1.29 is 0 Å². The van der Waals surface area contributed by atoms with Crippen LogP contribution in [0.1, 0.15) is 32.4 Å². The molecule has 0 amide bonds. The largest absolute Gasteiger partial charge is 0.381 e. The summed E-state index contributed by atoms with van der Waals surface area (Å²) in [7, 11) is 4.13. The lowest BCUT2D eigenvalue weighted by Gasteiger charge is -2.13. The second-order valence-electron chi connectivity index (χ2n) is 5.47. The molecule has 0 spiro atoms. The summed E-state index contributed by atoms with van der Waals surface area (Å²) in [5, 5.41) is 1.11. The molecular formula is C18H23N3. The van der Waals surface area contributed by atoms with Gasteiger partial charge in [-0.25, -0.2) is 4.98 Å². The van der Waals surface area contributed by atoms with Crippen molar-refractivity contribution in [2.45, 2.75) is 26.7 Å². The Labute approximate surface area is 127 Å². The van der Waals surface area contributed by atoms with Crippen molar-refractivity contribution in [1.29, 1.82) is 0 Å². The summed E-state index contributed by atoms with van der Waals surface area (Å²) >= 11 is 0. The predicted octanol–water partition coefficient (Wildman–Crippen LogP) is 3.80. The van der Waals surface area contributed by atoms with Crippen molar-refractivity contribution in [3.8, 4) is 11.8 Å². The van der Waals surface area contributed by atoms with E-state index >= 15 is 0 Å². The van der Waals surface area contributed by atoms with Crippen LogP contribution in [0.15, 0.2) is 36.2 Å². The van der Waals surface area contributed by atoms with E-state index in [-0.39, 0.29) is 0 Å². The number of rotatable bonds is 4. The topological polar surface area (TPSA) is 31.9 Å². The van der Waals surface area contributed by atoms with Gasteiger partial charge in [0.1, 0.15) is 5.65 Å². The second kappa shape index (κ2) is 6.99. The zero-order valence-electron chi connectivity index (χ0n) is 13.3. The third-order valence-corrected chi connectivity index (χ3v) is 3.70. The van der Waals surface area contributed by atoms with E-state index in [0.717, 1.165) is 29.6 Å². The van der Waals surface area contributed by atoms with Crippen molar-refractivity contribution in [2.24, 2.45) is 5.92 Å². The van der Waals surface area contributed by atoms with Gasteiger partial charge < -0.3 is 9.88 Å². The lowest BCUT2D eigenvalue weighted by Crippen LogP contribution is -2.08. The SMILES string of the molecule is CCC(C#Cc1cc2cccnc2[nH]1)C/C=C(\C)N(C)C. The molecule has 2 aromatic heterocycles. The Morgan fingerprint density at radius 3 is 2.95 bits per heavy atom. The van der Waals surface area contributed by atoms with Crippen molar-refractivity contribution in [3.05, 3.63) is 41.9 Å². The quantitative estimate of drug-likeness (QED) is 0.865. The molecule has 3 heteroatoms. The predicted molar refractivity (Wildman–Crippen MR) is 88.8 cm³/mol. The van der Waals surface area contributed by atoms with Crippen LogP contribution in [0, 0.1) is 17.8 Å². The van der Waals surface area contributed by atoms with E-state index in [1.54, 1.807) is 6.20 Å².